The number of hydrogen-bond acceptors (Lipinski definition) is 5. The summed E-state index contributed by atoms with van der Waals surface area (Å²) in [6.07, 6.45) is 7.45. The second-order valence-electron chi connectivity index (χ2n) is 5.95. The molecule has 0 bridgehead atoms. The predicted molar refractivity (Wildman–Crippen MR) is 84.9 cm³/mol. The third kappa shape index (κ3) is 3.32. The summed E-state index contributed by atoms with van der Waals surface area (Å²) in [5.74, 6) is 0.819. The fourth-order valence-corrected chi connectivity index (χ4v) is 2.92. The molecule has 2 aromatic rings. The molecule has 0 saturated heterocycles. The lowest BCUT2D eigenvalue weighted by Gasteiger charge is -2.29. The maximum Gasteiger partial charge on any atom is 0.267 e. The normalized spacial score (nSPS) is 21.5. The van der Waals surface area contributed by atoms with Crippen molar-refractivity contribution < 1.29 is 0 Å². The van der Waals surface area contributed by atoms with E-state index < -0.39 is 0 Å². The van der Waals surface area contributed by atoms with Gasteiger partial charge in [-0.3, -0.25) is 9.78 Å². The van der Waals surface area contributed by atoms with Gasteiger partial charge in [-0.25, -0.2) is 9.67 Å². The second-order valence-corrected chi connectivity index (χ2v) is 5.95. The molecule has 1 saturated carbocycles. The summed E-state index contributed by atoms with van der Waals surface area (Å²) in [7, 11) is 0. The van der Waals surface area contributed by atoms with Crippen molar-refractivity contribution in [1.82, 2.24) is 19.7 Å². The van der Waals surface area contributed by atoms with E-state index in [9.17, 15) is 4.79 Å². The van der Waals surface area contributed by atoms with E-state index in [-0.39, 0.29) is 11.6 Å². The van der Waals surface area contributed by atoms with Crippen molar-refractivity contribution in [2.45, 2.75) is 51.6 Å². The minimum absolute atomic E-state index is 0.00795. The van der Waals surface area contributed by atoms with E-state index in [0.29, 0.717) is 6.04 Å². The first-order valence-corrected chi connectivity index (χ1v) is 7.73. The molecule has 3 rings (SSSR count). The molecule has 0 unspecified atom stereocenters. The molecule has 0 atom stereocenters. The summed E-state index contributed by atoms with van der Waals surface area (Å²) in [5, 5.41) is 7.80. The van der Waals surface area contributed by atoms with Gasteiger partial charge in [-0.15, -0.1) is 0 Å². The molecular weight excluding hydrogens is 278 g/mol. The fourth-order valence-electron chi connectivity index (χ4n) is 2.92. The van der Waals surface area contributed by atoms with Gasteiger partial charge in [-0.1, -0.05) is 0 Å². The number of nitrogens with zero attached hydrogens (tertiary/aromatic N) is 4. The van der Waals surface area contributed by atoms with Gasteiger partial charge in [0.15, 0.2) is 0 Å². The molecule has 0 aromatic carbocycles. The third-order valence-corrected chi connectivity index (χ3v) is 4.13. The van der Waals surface area contributed by atoms with Crippen molar-refractivity contribution in [1.29, 1.82) is 0 Å². The molecular formula is C16H21N5O. The Morgan fingerprint density at radius 1 is 1.05 bits per heavy atom. The number of aromatic nitrogens is 4. The Labute approximate surface area is 129 Å². The smallest absolute Gasteiger partial charge is 0.267 e. The van der Waals surface area contributed by atoms with Crippen LogP contribution >= 0.6 is 0 Å². The second kappa shape index (κ2) is 6.25. The highest BCUT2D eigenvalue weighted by molar-refractivity contribution is 5.32. The van der Waals surface area contributed by atoms with Crippen molar-refractivity contribution >= 4 is 5.82 Å². The van der Waals surface area contributed by atoms with Crippen LogP contribution in [0.15, 0.2) is 29.3 Å². The minimum Gasteiger partial charge on any atom is -0.366 e. The van der Waals surface area contributed by atoms with Crippen LogP contribution in [-0.4, -0.2) is 25.8 Å². The summed E-state index contributed by atoms with van der Waals surface area (Å²) in [6, 6.07) is 3.96. The van der Waals surface area contributed by atoms with Crippen molar-refractivity contribution in [2.75, 3.05) is 5.32 Å². The van der Waals surface area contributed by atoms with Crippen LogP contribution in [-0.2, 0) is 0 Å². The van der Waals surface area contributed by atoms with E-state index in [1.807, 2.05) is 13.8 Å². The van der Waals surface area contributed by atoms with E-state index in [0.717, 1.165) is 42.9 Å². The van der Waals surface area contributed by atoms with Gasteiger partial charge in [0.25, 0.3) is 5.56 Å². The molecule has 0 radical (unpaired) electrons. The topological polar surface area (TPSA) is 72.7 Å². The highest BCUT2D eigenvalue weighted by Crippen LogP contribution is 2.28. The number of hydrogen-bond donors (Lipinski definition) is 1. The van der Waals surface area contributed by atoms with Crippen LogP contribution in [0.3, 0.4) is 0 Å². The predicted octanol–water partition coefficient (Wildman–Crippen LogP) is 2.25. The van der Waals surface area contributed by atoms with Crippen molar-refractivity contribution in [3.05, 3.63) is 46.3 Å². The molecule has 6 heteroatoms. The molecule has 1 aliphatic rings. The summed E-state index contributed by atoms with van der Waals surface area (Å²) in [4.78, 5) is 20.5. The van der Waals surface area contributed by atoms with Crippen LogP contribution in [0.1, 0.15) is 43.1 Å². The molecule has 1 fully saturated rings. The molecule has 1 N–H and O–H groups in total. The Balaban J connectivity index is 1.61. The third-order valence-electron chi connectivity index (χ3n) is 4.13. The zero-order chi connectivity index (χ0) is 15.5. The van der Waals surface area contributed by atoms with Crippen molar-refractivity contribution in [3.63, 3.8) is 0 Å². The average molecular weight is 299 g/mol. The van der Waals surface area contributed by atoms with Crippen molar-refractivity contribution in [2.24, 2.45) is 0 Å². The summed E-state index contributed by atoms with van der Waals surface area (Å²) in [6.45, 7) is 3.84. The average Bonchev–Trinajstić information content (AvgIpc) is 2.53. The van der Waals surface area contributed by atoms with E-state index in [1.54, 1.807) is 29.2 Å². The monoisotopic (exact) mass is 299 g/mol. The number of anilines is 1. The number of aryl methyl sites for hydroxylation is 2. The van der Waals surface area contributed by atoms with Crippen LogP contribution in [0.5, 0.6) is 0 Å². The fraction of sp³-hybridized carbons (Fsp3) is 0.500. The van der Waals surface area contributed by atoms with E-state index in [1.165, 1.54) is 0 Å². The van der Waals surface area contributed by atoms with Gasteiger partial charge in [0, 0.05) is 12.1 Å². The van der Waals surface area contributed by atoms with E-state index in [2.05, 4.69) is 20.4 Å². The first-order valence-electron chi connectivity index (χ1n) is 7.73. The van der Waals surface area contributed by atoms with Crippen LogP contribution in [0.4, 0.5) is 5.82 Å². The van der Waals surface area contributed by atoms with Gasteiger partial charge in [-0.2, -0.15) is 5.10 Å². The summed E-state index contributed by atoms with van der Waals surface area (Å²) in [5.41, 5.74) is 1.79. The summed E-state index contributed by atoms with van der Waals surface area (Å²) < 4.78 is 1.65. The van der Waals surface area contributed by atoms with Gasteiger partial charge in [0.2, 0.25) is 0 Å². The van der Waals surface area contributed by atoms with Gasteiger partial charge in [-0.05, 0) is 45.6 Å². The lowest BCUT2D eigenvalue weighted by molar-refractivity contribution is 0.302. The van der Waals surface area contributed by atoms with Gasteiger partial charge >= 0.3 is 0 Å². The maximum atomic E-state index is 11.9. The lowest BCUT2D eigenvalue weighted by atomic mass is 9.91. The van der Waals surface area contributed by atoms with Crippen molar-refractivity contribution in [3.8, 4) is 0 Å². The number of nitrogens with one attached hydrogen (secondary N) is 1. The maximum absolute atomic E-state index is 11.9. The Morgan fingerprint density at radius 2 is 1.82 bits per heavy atom. The van der Waals surface area contributed by atoms with Gasteiger partial charge in [0.05, 0.1) is 29.8 Å². The van der Waals surface area contributed by atoms with Crippen LogP contribution in [0, 0.1) is 13.8 Å². The molecule has 0 spiro atoms. The molecule has 6 nitrogen and oxygen atoms in total. The highest BCUT2D eigenvalue weighted by Gasteiger charge is 2.23. The molecule has 2 heterocycles. The van der Waals surface area contributed by atoms with E-state index >= 15 is 0 Å². The SMILES string of the molecule is Cc1cnc(NC2CCC(n3nc(C)ccc3=O)CC2)cn1. The molecule has 1 aliphatic carbocycles. The molecule has 116 valence electrons. The first-order chi connectivity index (χ1) is 10.6. The first kappa shape index (κ1) is 14.7. The quantitative estimate of drug-likeness (QED) is 0.941. The standard InChI is InChI=1S/C16H21N5O/c1-11-3-8-16(22)21(20-11)14-6-4-13(5-7-14)19-15-10-17-12(2)9-18-15/h3,8-10,13-14H,4-7H2,1-2H3,(H,18,19). The lowest BCUT2D eigenvalue weighted by Crippen LogP contribution is -2.33. The molecule has 22 heavy (non-hydrogen) atoms. The molecule has 2 aromatic heterocycles. The molecule has 0 amide bonds. The van der Waals surface area contributed by atoms with Crippen LogP contribution < -0.4 is 10.9 Å². The van der Waals surface area contributed by atoms with Crippen LogP contribution in [0.2, 0.25) is 0 Å². The zero-order valence-corrected chi connectivity index (χ0v) is 13.0. The Morgan fingerprint density at radius 3 is 2.50 bits per heavy atom. The zero-order valence-electron chi connectivity index (χ0n) is 13.0. The largest absolute Gasteiger partial charge is 0.366 e. The Hall–Kier alpha value is -2.24. The van der Waals surface area contributed by atoms with Gasteiger partial charge in [0.1, 0.15) is 5.82 Å². The summed E-state index contributed by atoms with van der Waals surface area (Å²) >= 11 is 0. The van der Waals surface area contributed by atoms with E-state index in [4.69, 9.17) is 0 Å². The minimum atomic E-state index is -0.00795. The number of rotatable bonds is 3. The molecule has 0 aliphatic heterocycles. The van der Waals surface area contributed by atoms with Gasteiger partial charge < -0.3 is 5.32 Å². The highest BCUT2D eigenvalue weighted by atomic mass is 16.1. The Bertz CT molecular complexity index is 686. The van der Waals surface area contributed by atoms with Crippen LogP contribution in [0.25, 0.3) is 0 Å². The Kier molecular flexibility index (Phi) is 4.18.